The van der Waals surface area contributed by atoms with Gasteiger partial charge in [0, 0.05) is 6.07 Å². The maximum Gasteiger partial charge on any atom is 0.129 e. The highest BCUT2D eigenvalue weighted by atomic mass is 19.1. The molecule has 0 aliphatic carbocycles. The van der Waals surface area contributed by atoms with Crippen LogP contribution in [0.1, 0.15) is 104 Å². The number of rotatable bonds is 13. The fourth-order valence-corrected chi connectivity index (χ4v) is 4.35. The highest BCUT2D eigenvalue weighted by Gasteiger charge is 2.24. The molecule has 27 heavy (non-hydrogen) atoms. The summed E-state index contributed by atoms with van der Waals surface area (Å²) in [7, 11) is 0. The topological polar surface area (TPSA) is 0 Å². The van der Waals surface area contributed by atoms with Crippen LogP contribution in [0.15, 0.2) is 18.2 Å². The second kappa shape index (κ2) is 12.5. The fourth-order valence-electron chi connectivity index (χ4n) is 4.35. The summed E-state index contributed by atoms with van der Waals surface area (Å²) in [5, 5.41) is 0. The highest BCUT2D eigenvalue weighted by Crippen LogP contribution is 2.35. The minimum Gasteiger partial charge on any atom is -0.207 e. The predicted molar refractivity (Wildman–Crippen MR) is 114 cm³/mol. The molecule has 5 atom stereocenters. The van der Waals surface area contributed by atoms with Crippen LogP contribution in [0, 0.1) is 35.3 Å². The zero-order chi connectivity index (χ0) is 20.4. The van der Waals surface area contributed by atoms with E-state index in [1.807, 2.05) is 0 Å². The summed E-state index contributed by atoms with van der Waals surface area (Å²) >= 11 is 0. The first-order valence-corrected chi connectivity index (χ1v) is 11.3. The maximum atomic E-state index is 14.2. The average molecular weight is 381 g/mol. The minimum absolute atomic E-state index is 0.185. The average Bonchev–Trinajstić information content (AvgIpc) is 2.65. The molecule has 0 fully saturated rings. The minimum atomic E-state index is -0.489. The molecule has 5 unspecified atom stereocenters. The molecule has 1 aromatic carbocycles. The van der Waals surface area contributed by atoms with Crippen LogP contribution in [0.4, 0.5) is 8.78 Å². The normalized spacial score (nSPS) is 17.3. The monoisotopic (exact) mass is 380 g/mol. The van der Waals surface area contributed by atoms with Gasteiger partial charge in [-0.05, 0) is 66.9 Å². The molecule has 156 valence electrons. The third kappa shape index (κ3) is 7.92. The Morgan fingerprint density at radius 3 is 2.07 bits per heavy atom. The van der Waals surface area contributed by atoms with E-state index in [-0.39, 0.29) is 11.7 Å². The SMILES string of the molecule is CCCC(CCC(C)CC)C(C)C(C)CCC(CC)c1ccc(F)cc1F. The van der Waals surface area contributed by atoms with Crippen LogP contribution < -0.4 is 0 Å². The first kappa shape index (κ1) is 24.1. The Balaban J connectivity index is 2.66. The predicted octanol–water partition coefficient (Wildman–Crippen LogP) is 8.75. The van der Waals surface area contributed by atoms with Crippen molar-refractivity contribution in [2.45, 2.75) is 98.8 Å². The Hall–Kier alpha value is -0.920. The van der Waals surface area contributed by atoms with E-state index < -0.39 is 5.82 Å². The molecule has 0 saturated heterocycles. The standard InChI is InChI=1S/C25H42F2/c1-7-10-22(13-11-18(4)8-2)20(6)19(5)12-14-21(9-3)24-16-15-23(26)17-25(24)27/h15-22H,7-14H2,1-6H3. The number of benzene rings is 1. The van der Waals surface area contributed by atoms with E-state index in [1.54, 1.807) is 6.07 Å². The van der Waals surface area contributed by atoms with E-state index in [4.69, 9.17) is 0 Å². The highest BCUT2D eigenvalue weighted by molar-refractivity contribution is 5.22. The van der Waals surface area contributed by atoms with Gasteiger partial charge in [0.25, 0.3) is 0 Å². The van der Waals surface area contributed by atoms with Crippen LogP contribution in [0.3, 0.4) is 0 Å². The zero-order valence-corrected chi connectivity index (χ0v) is 18.5. The van der Waals surface area contributed by atoms with E-state index in [1.165, 1.54) is 38.2 Å². The molecule has 0 saturated carbocycles. The van der Waals surface area contributed by atoms with Gasteiger partial charge in [-0.2, -0.15) is 0 Å². The summed E-state index contributed by atoms with van der Waals surface area (Å²) in [5.41, 5.74) is 0.681. The van der Waals surface area contributed by atoms with E-state index in [2.05, 4.69) is 41.5 Å². The number of hydrogen-bond donors (Lipinski definition) is 0. The second-order valence-corrected chi connectivity index (χ2v) is 8.82. The lowest BCUT2D eigenvalue weighted by Gasteiger charge is -2.31. The van der Waals surface area contributed by atoms with Crippen molar-refractivity contribution in [2.24, 2.45) is 23.7 Å². The summed E-state index contributed by atoms with van der Waals surface area (Å²) < 4.78 is 27.4. The van der Waals surface area contributed by atoms with Gasteiger partial charge in [-0.1, -0.05) is 73.3 Å². The lowest BCUT2D eigenvalue weighted by Crippen LogP contribution is -2.20. The largest absolute Gasteiger partial charge is 0.207 e. The first-order chi connectivity index (χ1) is 12.8. The van der Waals surface area contributed by atoms with E-state index in [0.717, 1.165) is 37.2 Å². The third-order valence-corrected chi connectivity index (χ3v) is 6.89. The molecule has 0 amide bonds. The molecule has 2 heteroatoms. The Bertz CT molecular complexity index is 525. The van der Waals surface area contributed by atoms with Crippen molar-refractivity contribution in [1.82, 2.24) is 0 Å². The van der Waals surface area contributed by atoms with Crippen molar-refractivity contribution in [1.29, 1.82) is 0 Å². The molecule has 0 spiro atoms. The molecule has 0 radical (unpaired) electrons. The van der Waals surface area contributed by atoms with Crippen molar-refractivity contribution in [2.75, 3.05) is 0 Å². The van der Waals surface area contributed by atoms with E-state index >= 15 is 0 Å². The Labute approximate surface area is 167 Å². The molecule has 0 aromatic heterocycles. The lowest BCUT2D eigenvalue weighted by molar-refractivity contribution is 0.207. The zero-order valence-electron chi connectivity index (χ0n) is 18.5. The quantitative estimate of drug-likeness (QED) is 0.321. The molecule has 0 nitrogen and oxygen atoms in total. The van der Waals surface area contributed by atoms with Crippen molar-refractivity contribution >= 4 is 0 Å². The van der Waals surface area contributed by atoms with Crippen molar-refractivity contribution in [3.8, 4) is 0 Å². The van der Waals surface area contributed by atoms with Gasteiger partial charge in [0.1, 0.15) is 11.6 Å². The van der Waals surface area contributed by atoms with Crippen LogP contribution in [-0.2, 0) is 0 Å². The fraction of sp³-hybridized carbons (Fsp3) is 0.760. The Morgan fingerprint density at radius 2 is 1.52 bits per heavy atom. The molecule has 0 N–H and O–H groups in total. The van der Waals surface area contributed by atoms with E-state index in [0.29, 0.717) is 17.4 Å². The van der Waals surface area contributed by atoms with Gasteiger partial charge in [0.2, 0.25) is 0 Å². The maximum absolute atomic E-state index is 14.2. The van der Waals surface area contributed by atoms with Gasteiger partial charge in [0.05, 0.1) is 0 Å². The van der Waals surface area contributed by atoms with E-state index in [9.17, 15) is 8.78 Å². The summed E-state index contributed by atoms with van der Waals surface area (Å²) in [5.74, 6) is 2.25. The van der Waals surface area contributed by atoms with Gasteiger partial charge >= 0.3 is 0 Å². The Kier molecular flexibility index (Phi) is 11.2. The molecular weight excluding hydrogens is 338 g/mol. The molecule has 0 heterocycles. The van der Waals surface area contributed by atoms with Crippen molar-refractivity contribution in [3.05, 3.63) is 35.4 Å². The Morgan fingerprint density at radius 1 is 0.815 bits per heavy atom. The molecule has 1 aromatic rings. The molecule has 1 rings (SSSR count). The van der Waals surface area contributed by atoms with Crippen LogP contribution in [-0.4, -0.2) is 0 Å². The summed E-state index contributed by atoms with van der Waals surface area (Å²) in [6.45, 7) is 13.8. The van der Waals surface area contributed by atoms with Crippen molar-refractivity contribution < 1.29 is 8.78 Å². The van der Waals surface area contributed by atoms with Gasteiger partial charge in [-0.15, -0.1) is 0 Å². The molecule has 0 aliphatic rings. The van der Waals surface area contributed by atoms with Gasteiger partial charge < -0.3 is 0 Å². The lowest BCUT2D eigenvalue weighted by atomic mass is 9.75. The van der Waals surface area contributed by atoms with Gasteiger partial charge in [0.15, 0.2) is 0 Å². The third-order valence-electron chi connectivity index (χ3n) is 6.89. The van der Waals surface area contributed by atoms with Crippen LogP contribution >= 0.6 is 0 Å². The molecule has 0 aliphatic heterocycles. The van der Waals surface area contributed by atoms with Gasteiger partial charge in [-0.3, -0.25) is 0 Å². The van der Waals surface area contributed by atoms with Crippen LogP contribution in [0.25, 0.3) is 0 Å². The molecule has 0 bridgehead atoms. The van der Waals surface area contributed by atoms with Gasteiger partial charge in [-0.25, -0.2) is 8.78 Å². The first-order valence-electron chi connectivity index (χ1n) is 11.3. The molecular formula is C25H42F2. The number of hydrogen-bond acceptors (Lipinski definition) is 0. The summed E-state index contributed by atoms with van der Waals surface area (Å²) in [4.78, 5) is 0. The number of halogens is 2. The van der Waals surface area contributed by atoms with Crippen molar-refractivity contribution in [3.63, 3.8) is 0 Å². The van der Waals surface area contributed by atoms with Crippen LogP contribution in [0.5, 0.6) is 0 Å². The summed E-state index contributed by atoms with van der Waals surface area (Å²) in [6, 6.07) is 4.05. The smallest absolute Gasteiger partial charge is 0.129 e. The second-order valence-electron chi connectivity index (χ2n) is 8.82. The van der Waals surface area contributed by atoms with Crippen LogP contribution in [0.2, 0.25) is 0 Å². The summed E-state index contributed by atoms with van der Waals surface area (Å²) in [6.07, 6.45) is 9.48.